The second kappa shape index (κ2) is 6.63. The number of nitrogens with zero attached hydrogens (tertiary/aromatic N) is 3. The average molecular weight is 415 g/mol. The van der Waals surface area contributed by atoms with Gasteiger partial charge in [0.05, 0.1) is 5.56 Å². The fraction of sp³-hybridized carbons (Fsp3) is 0.136. The number of hydrogen-bond acceptors (Lipinski definition) is 6. The summed E-state index contributed by atoms with van der Waals surface area (Å²) in [5.41, 5.74) is 0.733. The van der Waals surface area contributed by atoms with E-state index in [9.17, 15) is 14.4 Å². The number of nitrogens with one attached hydrogen (secondary N) is 2. The fourth-order valence-electron chi connectivity index (χ4n) is 3.74. The largest absolute Gasteiger partial charge is 0.334 e. The van der Waals surface area contributed by atoms with Crippen LogP contribution in [0.25, 0.3) is 33.6 Å². The van der Waals surface area contributed by atoms with E-state index in [1.54, 1.807) is 50.5 Å². The molecule has 1 atom stereocenters. The summed E-state index contributed by atoms with van der Waals surface area (Å²) in [4.78, 5) is 40.5. The minimum Gasteiger partial charge on any atom is -0.334 e. The van der Waals surface area contributed by atoms with Crippen molar-refractivity contribution in [3.8, 4) is 22.8 Å². The van der Waals surface area contributed by atoms with Crippen LogP contribution in [-0.4, -0.2) is 26.6 Å². The molecule has 2 aromatic heterocycles. The molecule has 3 heterocycles. The van der Waals surface area contributed by atoms with E-state index in [1.165, 1.54) is 4.57 Å². The molecule has 2 N–H and O–H groups in total. The second-order valence-corrected chi connectivity index (χ2v) is 7.54. The zero-order chi connectivity index (χ0) is 21.8. The summed E-state index contributed by atoms with van der Waals surface area (Å²) in [6.45, 7) is 1.64. The number of amides is 3. The summed E-state index contributed by atoms with van der Waals surface area (Å²) < 4.78 is 6.98. The highest BCUT2D eigenvalue weighted by atomic mass is 16.5. The van der Waals surface area contributed by atoms with E-state index in [2.05, 4.69) is 20.8 Å². The van der Waals surface area contributed by atoms with Crippen LogP contribution in [0.2, 0.25) is 0 Å². The highest BCUT2D eigenvalue weighted by Crippen LogP contribution is 2.29. The molecule has 0 aliphatic carbocycles. The molecular weight excluding hydrogens is 398 g/mol. The second-order valence-electron chi connectivity index (χ2n) is 7.54. The van der Waals surface area contributed by atoms with Crippen LogP contribution in [0.1, 0.15) is 12.5 Å². The molecule has 9 nitrogen and oxygen atoms in total. The topological polar surface area (TPSA) is 119 Å². The first-order chi connectivity index (χ1) is 14.9. The summed E-state index contributed by atoms with van der Waals surface area (Å²) in [6, 6.07) is 13.7. The Morgan fingerprint density at radius 2 is 1.71 bits per heavy atom. The first kappa shape index (κ1) is 18.7. The van der Waals surface area contributed by atoms with Gasteiger partial charge in [-0.25, -0.2) is 4.79 Å². The number of rotatable bonds is 3. The van der Waals surface area contributed by atoms with Crippen molar-refractivity contribution < 1.29 is 14.1 Å². The quantitative estimate of drug-likeness (QED) is 0.496. The molecule has 1 fully saturated rings. The van der Waals surface area contributed by atoms with Crippen LogP contribution in [0, 0.1) is 0 Å². The Labute approximate surface area is 175 Å². The molecule has 31 heavy (non-hydrogen) atoms. The van der Waals surface area contributed by atoms with Gasteiger partial charge in [0.25, 0.3) is 17.4 Å². The zero-order valence-corrected chi connectivity index (χ0v) is 16.7. The molecule has 1 aliphatic heterocycles. The van der Waals surface area contributed by atoms with Crippen molar-refractivity contribution in [1.29, 1.82) is 0 Å². The van der Waals surface area contributed by atoms with Crippen LogP contribution in [0.15, 0.2) is 64.0 Å². The maximum atomic E-state index is 12.4. The lowest BCUT2D eigenvalue weighted by atomic mass is 9.91. The van der Waals surface area contributed by atoms with Gasteiger partial charge >= 0.3 is 6.03 Å². The van der Waals surface area contributed by atoms with Gasteiger partial charge in [0, 0.05) is 29.6 Å². The number of aromatic nitrogens is 3. The number of carbonyl (C=O) groups is 2. The van der Waals surface area contributed by atoms with Gasteiger partial charge in [-0.3, -0.25) is 14.9 Å². The Balaban J connectivity index is 1.52. The van der Waals surface area contributed by atoms with Gasteiger partial charge in [0.2, 0.25) is 5.82 Å². The highest BCUT2D eigenvalue weighted by Gasteiger charge is 2.43. The standard InChI is InChI=1S/C22H17N5O4/c1-22(20(29)24-21(30)25-22)13-9-7-12(8-10-13)17-23-18(31-26-17)16-11-27(2)19(28)15-6-4-3-5-14(15)16/h3-11H,1-2H3,(H2,24,25,29,30). The molecule has 154 valence electrons. The van der Waals surface area contributed by atoms with E-state index >= 15 is 0 Å². The first-order valence-electron chi connectivity index (χ1n) is 9.54. The van der Waals surface area contributed by atoms with Crippen LogP contribution < -0.4 is 16.2 Å². The molecule has 1 aliphatic rings. The predicted molar refractivity (Wildman–Crippen MR) is 112 cm³/mol. The van der Waals surface area contributed by atoms with Crippen molar-refractivity contribution in [2.45, 2.75) is 12.5 Å². The van der Waals surface area contributed by atoms with E-state index in [-0.39, 0.29) is 5.56 Å². The molecule has 0 spiro atoms. The van der Waals surface area contributed by atoms with Crippen LogP contribution >= 0.6 is 0 Å². The van der Waals surface area contributed by atoms with Crippen LogP contribution in [-0.2, 0) is 17.4 Å². The van der Waals surface area contributed by atoms with Crippen molar-refractivity contribution in [1.82, 2.24) is 25.3 Å². The van der Waals surface area contributed by atoms with Gasteiger partial charge in [0.15, 0.2) is 0 Å². The number of aryl methyl sites for hydroxylation is 1. The Hall–Kier alpha value is -4.27. The third kappa shape index (κ3) is 2.90. The summed E-state index contributed by atoms with van der Waals surface area (Å²) in [5.74, 6) is 0.249. The fourth-order valence-corrected chi connectivity index (χ4v) is 3.74. The van der Waals surface area contributed by atoms with E-state index in [0.717, 1.165) is 5.39 Å². The van der Waals surface area contributed by atoms with E-state index in [4.69, 9.17) is 4.52 Å². The lowest BCUT2D eigenvalue weighted by Crippen LogP contribution is -2.40. The lowest BCUT2D eigenvalue weighted by Gasteiger charge is -2.20. The predicted octanol–water partition coefficient (Wildman–Crippen LogP) is 2.31. The van der Waals surface area contributed by atoms with Crippen molar-refractivity contribution in [2.75, 3.05) is 0 Å². The van der Waals surface area contributed by atoms with Gasteiger partial charge in [-0.15, -0.1) is 0 Å². The number of hydrogen-bond donors (Lipinski definition) is 2. The third-order valence-corrected chi connectivity index (χ3v) is 5.51. The molecule has 2 aromatic carbocycles. The Kier molecular flexibility index (Phi) is 4.01. The van der Waals surface area contributed by atoms with E-state index in [0.29, 0.717) is 33.8 Å². The number of carbonyl (C=O) groups excluding carboxylic acids is 2. The summed E-state index contributed by atoms with van der Waals surface area (Å²) in [7, 11) is 1.67. The lowest BCUT2D eigenvalue weighted by molar-refractivity contribution is -0.123. The number of fused-ring (bicyclic) bond motifs is 1. The number of imide groups is 1. The van der Waals surface area contributed by atoms with Crippen molar-refractivity contribution in [3.05, 3.63) is 70.6 Å². The van der Waals surface area contributed by atoms with Crippen molar-refractivity contribution in [3.63, 3.8) is 0 Å². The maximum Gasteiger partial charge on any atom is 0.322 e. The van der Waals surface area contributed by atoms with Gasteiger partial charge in [0.1, 0.15) is 5.54 Å². The monoisotopic (exact) mass is 415 g/mol. The van der Waals surface area contributed by atoms with Crippen LogP contribution in [0.5, 0.6) is 0 Å². The van der Waals surface area contributed by atoms with E-state index in [1.807, 2.05) is 18.2 Å². The van der Waals surface area contributed by atoms with Gasteiger partial charge < -0.3 is 14.4 Å². The normalized spacial score (nSPS) is 18.3. The average Bonchev–Trinajstić information content (AvgIpc) is 3.36. The molecule has 0 saturated carbocycles. The van der Waals surface area contributed by atoms with Crippen LogP contribution in [0.3, 0.4) is 0 Å². The highest BCUT2D eigenvalue weighted by molar-refractivity contribution is 6.07. The number of pyridine rings is 1. The summed E-state index contributed by atoms with van der Waals surface area (Å²) in [6.07, 6.45) is 1.67. The molecule has 0 bridgehead atoms. The minimum absolute atomic E-state index is 0.105. The Bertz CT molecular complexity index is 1420. The van der Waals surface area contributed by atoms with Crippen molar-refractivity contribution in [2.24, 2.45) is 7.05 Å². The molecule has 9 heteroatoms. The van der Waals surface area contributed by atoms with Crippen molar-refractivity contribution >= 4 is 22.7 Å². The molecule has 3 amide bonds. The first-order valence-corrected chi connectivity index (χ1v) is 9.54. The number of urea groups is 1. The SMILES string of the molecule is Cn1cc(-c2nc(-c3ccc(C4(C)NC(=O)NC4=O)cc3)no2)c2ccccc2c1=O. The van der Waals surface area contributed by atoms with Crippen LogP contribution in [0.4, 0.5) is 4.79 Å². The molecule has 5 rings (SSSR count). The number of benzene rings is 2. The van der Waals surface area contributed by atoms with E-state index < -0.39 is 17.5 Å². The smallest absolute Gasteiger partial charge is 0.322 e. The summed E-state index contributed by atoms with van der Waals surface area (Å²) in [5, 5.41) is 10.2. The van der Waals surface area contributed by atoms with Gasteiger partial charge in [-0.1, -0.05) is 47.6 Å². The molecule has 0 radical (unpaired) electrons. The Morgan fingerprint density at radius 1 is 1.00 bits per heavy atom. The molecule has 1 unspecified atom stereocenters. The van der Waals surface area contributed by atoms with Gasteiger partial charge in [-0.05, 0) is 18.6 Å². The molecule has 1 saturated heterocycles. The Morgan fingerprint density at radius 3 is 2.39 bits per heavy atom. The zero-order valence-electron chi connectivity index (χ0n) is 16.7. The maximum absolute atomic E-state index is 12.4. The minimum atomic E-state index is -1.13. The molecular formula is C22H17N5O4. The van der Waals surface area contributed by atoms with Gasteiger partial charge in [-0.2, -0.15) is 4.98 Å². The third-order valence-electron chi connectivity index (χ3n) is 5.51. The summed E-state index contributed by atoms with van der Waals surface area (Å²) >= 11 is 0. The molecule has 4 aromatic rings.